The lowest BCUT2D eigenvalue weighted by atomic mass is 10.1. The van der Waals surface area contributed by atoms with Crippen LogP contribution >= 0.6 is 0 Å². The molecule has 0 N–H and O–H groups in total. The minimum atomic E-state index is -0.291. The molecule has 1 atom stereocenters. The monoisotopic (exact) mass is 236 g/mol. The smallest absolute Gasteiger partial charge is 0.338 e. The first kappa shape index (κ1) is 11.9. The average Bonchev–Trinajstić information content (AvgIpc) is 2.81. The maximum absolute atomic E-state index is 11.9. The standard InChI is InChI=1S/C13H16O4/c1-9-7-10(15-2)3-4-12(9)13(14)17-11-5-6-16-8-11/h3-4,7,11H,5-6,8H2,1-2H3. The maximum Gasteiger partial charge on any atom is 0.338 e. The van der Waals surface area contributed by atoms with E-state index >= 15 is 0 Å². The van der Waals surface area contributed by atoms with E-state index in [1.165, 1.54) is 0 Å². The fourth-order valence-corrected chi connectivity index (χ4v) is 1.81. The highest BCUT2D eigenvalue weighted by molar-refractivity contribution is 5.91. The van der Waals surface area contributed by atoms with E-state index in [1.54, 1.807) is 19.2 Å². The number of methoxy groups -OCH3 is 1. The van der Waals surface area contributed by atoms with Gasteiger partial charge >= 0.3 is 5.97 Å². The number of rotatable bonds is 3. The van der Waals surface area contributed by atoms with Gasteiger partial charge in [0.2, 0.25) is 0 Å². The normalized spacial score (nSPS) is 19.1. The lowest BCUT2D eigenvalue weighted by molar-refractivity contribution is 0.0270. The molecule has 0 radical (unpaired) electrons. The molecule has 92 valence electrons. The van der Waals surface area contributed by atoms with Gasteiger partial charge in [-0.2, -0.15) is 0 Å². The first-order valence-corrected chi connectivity index (χ1v) is 5.64. The van der Waals surface area contributed by atoms with Gasteiger partial charge in [-0.1, -0.05) is 0 Å². The van der Waals surface area contributed by atoms with Gasteiger partial charge in [0, 0.05) is 6.42 Å². The summed E-state index contributed by atoms with van der Waals surface area (Å²) in [5.41, 5.74) is 1.44. The zero-order valence-electron chi connectivity index (χ0n) is 10.1. The first-order valence-electron chi connectivity index (χ1n) is 5.64. The van der Waals surface area contributed by atoms with Crippen LogP contribution in [-0.2, 0) is 9.47 Å². The maximum atomic E-state index is 11.9. The molecule has 1 aliphatic rings. The summed E-state index contributed by atoms with van der Waals surface area (Å²) in [6.45, 7) is 3.03. The second-order valence-corrected chi connectivity index (χ2v) is 4.07. The molecule has 0 aromatic heterocycles. The van der Waals surface area contributed by atoms with Gasteiger partial charge in [-0.3, -0.25) is 0 Å². The fraction of sp³-hybridized carbons (Fsp3) is 0.462. The Morgan fingerprint density at radius 3 is 2.88 bits per heavy atom. The molecule has 0 amide bonds. The van der Waals surface area contributed by atoms with Crippen molar-refractivity contribution in [2.75, 3.05) is 20.3 Å². The summed E-state index contributed by atoms with van der Waals surface area (Å²) in [6.07, 6.45) is 0.671. The van der Waals surface area contributed by atoms with Gasteiger partial charge in [-0.15, -0.1) is 0 Å². The SMILES string of the molecule is COc1ccc(C(=O)OC2CCOC2)c(C)c1. The number of benzene rings is 1. The quantitative estimate of drug-likeness (QED) is 0.752. The van der Waals surface area contributed by atoms with Crippen molar-refractivity contribution in [2.45, 2.75) is 19.4 Å². The molecule has 1 fully saturated rings. The Labute approximate surface area is 100 Å². The molecular weight excluding hydrogens is 220 g/mol. The first-order chi connectivity index (χ1) is 8.20. The molecule has 1 saturated heterocycles. The molecule has 2 rings (SSSR count). The second kappa shape index (κ2) is 5.19. The summed E-state index contributed by atoms with van der Waals surface area (Å²) in [7, 11) is 1.60. The molecule has 1 heterocycles. The molecule has 1 aromatic rings. The third-order valence-corrected chi connectivity index (χ3v) is 2.82. The summed E-state index contributed by atoms with van der Waals surface area (Å²) in [4.78, 5) is 11.9. The van der Waals surface area contributed by atoms with E-state index in [1.807, 2.05) is 13.0 Å². The van der Waals surface area contributed by atoms with Gasteiger partial charge < -0.3 is 14.2 Å². The Hall–Kier alpha value is -1.55. The van der Waals surface area contributed by atoms with E-state index in [0.29, 0.717) is 18.8 Å². The molecule has 17 heavy (non-hydrogen) atoms. The summed E-state index contributed by atoms with van der Waals surface area (Å²) >= 11 is 0. The van der Waals surface area contributed by atoms with Crippen molar-refractivity contribution in [3.63, 3.8) is 0 Å². The van der Waals surface area contributed by atoms with Gasteiger partial charge in [-0.05, 0) is 30.7 Å². The van der Waals surface area contributed by atoms with E-state index in [2.05, 4.69) is 0 Å². The molecule has 1 aliphatic heterocycles. The van der Waals surface area contributed by atoms with Crippen LogP contribution in [0.4, 0.5) is 0 Å². The summed E-state index contributed by atoms with van der Waals surface area (Å²) in [5, 5.41) is 0. The predicted molar refractivity (Wildman–Crippen MR) is 62.4 cm³/mol. The topological polar surface area (TPSA) is 44.8 Å². The van der Waals surface area contributed by atoms with Crippen LogP contribution in [0.3, 0.4) is 0 Å². The van der Waals surface area contributed by atoms with Gasteiger partial charge in [0.25, 0.3) is 0 Å². The van der Waals surface area contributed by atoms with Crippen molar-refractivity contribution in [1.29, 1.82) is 0 Å². The van der Waals surface area contributed by atoms with E-state index in [-0.39, 0.29) is 12.1 Å². The molecule has 1 aromatic carbocycles. The van der Waals surface area contributed by atoms with Crippen LogP contribution in [0.1, 0.15) is 22.3 Å². The van der Waals surface area contributed by atoms with Crippen LogP contribution in [0.15, 0.2) is 18.2 Å². The van der Waals surface area contributed by atoms with Crippen molar-refractivity contribution in [3.05, 3.63) is 29.3 Å². The fourth-order valence-electron chi connectivity index (χ4n) is 1.81. The van der Waals surface area contributed by atoms with Crippen LogP contribution < -0.4 is 4.74 Å². The van der Waals surface area contributed by atoms with E-state index in [9.17, 15) is 4.79 Å². The zero-order chi connectivity index (χ0) is 12.3. The predicted octanol–water partition coefficient (Wildman–Crippen LogP) is 1.95. The van der Waals surface area contributed by atoms with Crippen LogP contribution in [-0.4, -0.2) is 32.4 Å². The van der Waals surface area contributed by atoms with Gasteiger partial charge in [0.05, 0.1) is 25.9 Å². The minimum absolute atomic E-state index is 0.107. The minimum Gasteiger partial charge on any atom is -0.497 e. The number of aryl methyl sites for hydroxylation is 1. The van der Waals surface area contributed by atoms with Gasteiger partial charge in [0.15, 0.2) is 0 Å². The second-order valence-electron chi connectivity index (χ2n) is 4.07. The average molecular weight is 236 g/mol. The van der Waals surface area contributed by atoms with Crippen molar-refractivity contribution in [3.8, 4) is 5.75 Å². The highest BCUT2D eigenvalue weighted by Gasteiger charge is 2.21. The highest BCUT2D eigenvalue weighted by atomic mass is 16.6. The zero-order valence-corrected chi connectivity index (χ0v) is 10.1. The Kier molecular flexibility index (Phi) is 3.64. The van der Waals surface area contributed by atoms with Gasteiger partial charge in [-0.25, -0.2) is 4.79 Å². The van der Waals surface area contributed by atoms with E-state index in [4.69, 9.17) is 14.2 Å². The summed E-state index contributed by atoms with van der Waals surface area (Å²) < 4.78 is 15.6. The molecule has 4 heteroatoms. The molecule has 1 unspecified atom stereocenters. The largest absolute Gasteiger partial charge is 0.497 e. The Morgan fingerprint density at radius 2 is 2.29 bits per heavy atom. The third kappa shape index (κ3) is 2.77. The summed E-state index contributed by atoms with van der Waals surface area (Å²) in [5.74, 6) is 0.448. The number of ether oxygens (including phenoxy) is 3. The molecular formula is C13H16O4. The number of hydrogen-bond donors (Lipinski definition) is 0. The lowest BCUT2D eigenvalue weighted by Gasteiger charge is -2.12. The van der Waals surface area contributed by atoms with Crippen LogP contribution in [0.2, 0.25) is 0 Å². The lowest BCUT2D eigenvalue weighted by Crippen LogP contribution is -2.18. The highest BCUT2D eigenvalue weighted by Crippen LogP contribution is 2.19. The number of carbonyl (C=O) groups is 1. The number of esters is 1. The molecule has 0 aliphatic carbocycles. The van der Waals surface area contributed by atoms with E-state index < -0.39 is 0 Å². The number of carbonyl (C=O) groups excluding carboxylic acids is 1. The summed E-state index contributed by atoms with van der Waals surface area (Å²) in [6, 6.07) is 5.31. The van der Waals surface area contributed by atoms with Crippen molar-refractivity contribution >= 4 is 5.97 Å². The molecule has 0 saturated carbocycles. The molecule has 0 bridgehead atoms. The Morgan fingerprint density at radius 1 is 1.47 bits per heavy atom. The van der Waals surface area contributed by atoms with Crippen molar-refractivity contribution < 1.29 is 19.0 Å². The van der Waals surface area contributed by atoms with Crippen LogP contribution in [0.25, 0.3) is 0 Å². The third-order valence-electron chi connectivity index (χ3n) is 2.82. The van der Waals surface area contributed by atoms with Gasteiger partial charge in [0.1, 0.15) is 11.9 Å². The Balaban J connectivity index is 2.07. The van der Waals surface area contributed by atoms with E-state index in [0.717, 1.165) is 17.7 Å². The molecule has 4 nitrogen and oxygen atoms in total. The molecule has 0 spiro atoms. The van der Waals surface area contributed by atoms with Crippen LogP contribution in [0, 0.1) is 6.92 Å². The van der Waals surface area contributed by atoms with Crippen molar-refractivity contribution in [1.82, 2.24) is 0 Å². The van der Waals surface area contributed by atoms with Crippen LogP contribution in [0.5, 0.6) is 5.75 Å². The van der Waals surface area contributed by atoms with Crippen molar-refractivity contribution in [2.24, 2.45) is 0 Å². The number of hydrogen-bond acceptors (Lipinski definition) is 4. The Bertz CT molecular complexity index is 408.